The molecule has 2 aromatic rings. The molecule has 162 valence electrons. The number of carbonyl (C=O) groups is 2. The van der Waals surface area contributed by atoms with E-state index in [1.807, 2.05) is 6.92 Å². The number of ether oxygens (including phenoxy) is 1. The van der Waals surface area contributed by atoms with E-state index in [2.05, 4.69) is 20.9 Å². The normalized spacial score (nSPS) is 13.1. The van der Waals surface area contributed by atoms with E-state index in [-0.39, 0.29) is 23.6 Å². The smallest absolute Gasteiger partial charge is 0.273 e. The second kappa shape index (κ2) is 11.0. The molecule has 0 aliphatic heterocycles. The number of halogens is 1. The molecule has 1 saturated carbocycles. The van der Waals surface area contributed by atoms with E-state index < -0.39 is 0 Å². The van der Waals surface area contributed by atoms with Gasteiger partial charge in [0, 0.05) is 24.0 Å². The van der Waals surface area contributed by atoms with Gasteiger partial charge in [-0.05, 0) is 50.8 Å². The summed E-state index contributed by atoms with van der Waals surface area (Å²) in [4.78, 5) is 24.4. The van der Waals surface area contributed by atoms with Gasteiger partial charge in [-0.15, -0.1) is 16.7 Å². The highest BCUT2D eigenvalue weighted by Gasteiger charge is 2.25. The van der Waals surface area contributed by atoms with Gasteiger partial charge >= 0.3 is 0 Å². The first kappa shape index (κ1) is 22.1. The minimum Gasteiger partial charge on any atom is -0.491 e. The number of unbranched alkanes of at least 4 members (excludes halogenated alkanes) is 3. The van der Waals surface area contributed by atoms with Gasteiger partial charge in [-0.25, -0.2) is 4.68 Å². The Morgan fingerprint density at radius 3 is 2.73 bits per heavy atom. The van der Waals surface area contributed by atoms with E-state index in [1.54, 1.807) is 24.4 Å². The third-order valence-electron chi connectivity index (χ3n) is 4.73. The van der Waals surface area contributed by atoms with Crippen LogP contribution in [0.1, 0.15) is 66.3 Å². The van der Waals surface area contributed by atoms with Crippen LogP contribution in [0.25, 0.3) is 5.69 Å². The van der Waals surface area contributed by atoms with Crippen LogP contribution in [-0.4, -0.2) is 51.9 Å². The molecule has 2 amide bonds. The maximum absolute atomic E-state index is 12.2. The minimum absolute atomic E-state index is 0.167. The molecule has 0 bridgehead atoms. The molecule has 0 spiro atoms. The van der Waals surface area contributed by atoms with Crippen LogP contribution in [0.5, 0.6) is 5.75 Å². The Morgan fingerprint density at radius 1 is 1.20 bits per heavy atom. The number of hydrogen-bond donors (Lipinski definition) is 2. The van der Waals surface area contributed by atoms with E-state index >= 15 is 0 Å². The van der Waals surface area contributed by atoms with E-state index in [9.17, 15) is 9.59 Å². The number of rotatable bonds is 12. The molecule has 1 aliphatic carbocycles. The van der Waals surface area contributed by atoms with Crippen molar-refractivity contribution in [3.05, 3.63) is 35.7 Å². The summed E-state index contributed by atoms with van der Waals surface area (Å²) in [5.74, 6) is 0.793. The van der Waals surface area contributed by atoms with E-state index in [0.717, 1.165) is 38.5 Å². The van der Waals surface area contributed by atoms with Crippen LogP contribution in [0.3, 0.4) is 0 Å². The Morgan fingerprint density at radius 2 is 2.00 bits per heavy atom. The molecule has 8 nitrogen and oxygen atoms in total. The van der Waals surface area contributed by atoms with Gasteiger partial charge in [-0.2, -0.15) is 0 Å². The fourth-order valence-corrected chi connectivity index (χ4v) is 3.12. The van der Waals surface area contributed by atoms with Crippen LogP contribution in [-0.2, 0) is 0 Å². The zero-order chi connectivity index (χ0) is 21.3. The van der Waals surface area contributed by atoms with E-state index in [0.29, 0.717) is 36.0 Å². The van der Waals surface area contributed by atoms with Gasteiger partial charge < -0.3 is 15.4 Å². The highest BCUT2D eigenvalue weighted by molar-refractivity contribution is 6.17. The molecule has 0 atom stereocenters. The Bertz CT molecular complexity index is 866. The number of aromatic nitrogens is 3. The molecule has 1 aliphatic rings. The Kier molecular flexibility index (Phi) is 8.07. The fourth-order valence-electron chi connectivity index (χ4n) is 2.93. The summed E-state index contributed by atoms with van der Waals surface area (Å²) in [5, 5.41) is 13.8. The fraction of sp³-hybridized carbons (Fsp3) is 0.524. The summed E-state index contributed by atoms with van der Waals surface area (Å²) in [6.45, 7) is 2.92. The van der Waals surface area contributed by atoms with Crippen molar-refractivity contribution in [2.45, 2.75) is 51.5 Å². The summed E-state index contributed by atoms with van der Waals surface area (Å²) < 4.78 is 7.49. The predicted molar refractivity (Wildman–Crippen MR) is 115 cm³/mol. The largest absolute Gasteiger partial charge is 0.491 e. The lowest BCUT2D eigenvalue weighted by molar-refractivity contribution is 0.0941. The minimum atomic E-state index is -0.232. The van der Waals surface area contributed by atoms with Gasteiger partial charge in [0.05, 0.1) is 12.8 Å². The molecular weight excluding hydrogens is 406 g/mol. The molecule has 2 N–H and O–H groups in total. The number of benzene rings is 1. The van der Waals surface area contributed by atoms with Crippen molar-refractivity contribution in [1.29, 1.82) is 0 Å². The first-order valence-electron chi connectivity index (χ1n) is 10.5. The van der Waals surface area contributed by atoms with Gasteiger partial charge in [0.1, 0.15) is 11.4 Å². The lowest BCUT2D eigenvalue weighted by Crippen LogP contribution is -2.25. The summed E-state index contributed by atoms with van der Waals surface area (Å²) >= 11 is 5.71. The van der Waals surface area contributed by atoms with Crippen molar-refractivity contribution >= 4 is 23.4 Å². The maximum atomic E-state index is 12.2. The molecule has 9 heteroatoms. The summed E-state index contributed by atoms with van der Waals surface area (Å²) in [5.41, 5.74) is 1.38. The lowest BCUT2D eigenvalue weighted by Gasteiger charge is -2.13. The molecule has 1 fully saturated rings. The third-order valence-corrected chi connectivity index (χ3v) is 5.00. The molecule has 0 unspecified atom stereocenters. The highest BCUT2D eigenvalue weighted by atomic mass is 35.5. The van der Waals surface area contributed by atoms with Crippen molar-refractivity contribution in [3.8, 4) is 11.4 Å². The molecule has 0 radical (unpaired) electrons. The van der Waals surface area contributed by atoms with Crippen LogP contribution in [0, 0.1) is 0 Å². The van der Waals surface area contributed by atoms with Crippen LogP contribution in [0.2, 0.25) is 0 Å². The van der Waals surface area contributed by atoms with Gasteiger partial charge in [-0.3, -0.25) is 9.59 Å². The van der Waals surface area contributed by atoms with Crippen molar-refractivity contribution in [2.24, 2.45) is 0 Å². The topological polar surface area (TPSA) is 98.1 Å². The van der Waals surface area contributed by atoms with Gasteiger partial charge in [0.25, 0.3) is 11.8 Å². The van der Waals surface area contributed by atoms with Crippen LogP contribution in [0.15, 0.2) is 24.4 Å². The summed E-state index contributed by atoms with van der Waals surface area (Å²) in [6, 6.07) is 5.41. The number of carbonyl (C=O) groups excluding carboxylic acids is 2. The number of alkyl halides is 1. The quantitative estimate of drug-likeness (QED) is 0.396. The first-order chi connectivity index (χ1) is 14.6. The number of hydrogen-bond acceptors (Lipinski definition) is 5. The number of nitrogens with one attached hydrogen (secondary N) is 2. The predicted octanol–water partition coefficient (Wildman–Crippen LogP) is 3.09. The zero-order valence-corrected chi connectivity index (χ0v) is 18.0. The highest BCUT2D eigenvalue weighted by Crippen LogP contribution is 2.25. The van der Waals surface area contributed by atoms with E-state index in [1.165, 1.54) is 4.68 Å². The Balaban J connectivity index is 1.75. The monoisotopic (exact) mass is 433 g/mol. The molecule has 30 heavy (non-hydrogen) atoms. The Hall–Kier alpha value is -2.61. The zero-order valence-electron chi connectivity index (χ0n) is 17.2. The standard InChI is InChI=1S/C21H28ClN5O3/c1-2-23-20(28)15-7-10-18(19(13-15)30-12-6-4-3-5-11-22)27-14-17(25-26-27)21(29)24-16-8-9-16/h7,10,13-14,16H,2-6,8-9,11-12H2,1H3,(H,23,28)(H,24,29). The summed E-state index contributed by atoms with van der Waals surface area (Å²) in [7, 11) is 0. The van der Waals surface area contributed by atoms with Crippen LogP contribution >= 0.6 is 11.6 Å². The molecule has 1 heterocycles. The average molecular weight is 434 g/mol. The number of amides is 2. The molecule has 3 rings (SSSR count). The van der Waals surface area contributed by atoms with Crippen LogP contribution in [0.4, 0.5) is 0 Å². The van der Waals surface area contributed by atoms with Crippen LogP contribution < -0.4 is 15.4 Å². The van der Waals surface area contributed by atoms with Gasteiger partial charge in [0.2, 0.25) is 0 Å². The van der Waals surface area contributed by atoms with Crippen molar-refractivity contribution in [3.63, 3.8) is 0 Å². The molecule has 1 aromatic heterocycles. The molecular formula is C21H28ClN5O3. The van der Waals surface area contributed by atoms with Gasteiger partial charge in [-0.1, -0.05) is 18.1 Å². The third kappa shape index (κ3) is 6.19. The average Bonchev–Trinajstić information content (AvgIpc) is 3.42. The second-order valence-electron chi connectivity index (χ2n) is 7.29. The van der Waals surface area contributed by atoms with Crippen molar-refractivity contribution in [2.75, 3.05) is 19.0 Å². The number of nitrogens with zero attached hydrogens (tertiary/aromatic N) is 3. The maximum Gasteiger partial charge on any atom is 0.273 e. The van der Waals surface area contributed by atoms with Crippen molar-refractivity contribution in [1.82, 2.24) is 25.6 Å². The van der Waals surface area contributed by atoms with Crippen molar-refractivity contribution < 1.29 is 14.3 Å². The van der Waals surface area contributed by atoms with Gasteiger partial charge in [0.15, 0.2) is 5.69 Å². The molecule has 0 saturated heterocycles. The first-order valence-corrected chi connectivity index (χ1v) is 11.0. The second-order valence-corrected chi connectivity index (χ2v) is 7.67. The lowest BCUT2D eigenvalue weighted by atomic mass is 10.1. The summed E-state index contributed by atoms with van der Waals surface area (Å²) in [6.07, 6.45) is 7.53. The molecule has 1 aromatic carbocycles. The SMILES string of the molecule is CCNC(=O)c1ccc(-n2cc(C(=O)NC3CC3)nn2)c(OCCCCCCCl)c1. The Labute approximate surface area is 181 Å². The van der Waals surface area contributed by atoms with E-state index in [4.69, 9.17) is 16.3 Å².